The van der Waals surface area contributed by atoms with Gasteiger partial charge in [-0.15, -0.1) is 0 Å². The Morgan fingerprint density at radius 3 is 2.21 bits per heavy atom. The lowest BCUT2D eigenvalue weighted by atomic mass is 10.1. The average Bonchev–Trinajstić information content (AvgIpc) is 2.78. The Morgan fingerprint density at radius 1 is 1.06 bits per heavy atom. The van der Waals surface area contributed by atoms with Crippen LogP contribution in [0, 0.1) is 5.82 Å². The molecule has 2 rings (SSSR count). The minimum Gasteiger partial charge on any atom is -0.352 e. The number of hydrogen-bond donors (Lipinski definition) is 1. The van der Waals surface area contributed by atoms with Gasteiger partial charge in [-0.05, 0) is 49.6 Å². The van der Waals surface area contributed by atoms with Gasteiger partial charge in [0.1, 0.15) is 18.4 Å². The number of carbonyl (C=O) groups excluding carboxylic acids is 2. The lowest BCUT2D eigenvalue weighted by Crippen LogP contribution is -2.53. The first-order valence-corrected chi connectivity index (χ1v) is 13.3. The Balaban J connectivity index is 2.44. The van der Waals surface area contributed by atoms with Gasteiger partial charge in [0.15, 0.2) is 0 Å². The number of carbonyl (C=O) groups is 2. The third-order valence-corrected chi connectivity index (χ3v) is 6.90. The van der Waals surface area contributed by atoms with Crippen LogP contribution in [0.1, 0.15) is 39.2 Å². The zero-order valence-corrected chi connectivity index (χ0v) is 21.4. The Bertz CT molecular complexity index is 1100. The largest absolute Gasteiger partial charge is 0.352 e. The van der Waals surface area contributed by atoms with Crippen molar-refractivity contribution in [1.82, 2.24) is 10.2 Å². The van der Waals surface area contributed by atoms with Crippen molar-refractivity contribution in [3.05, 3.63) is 64.9 Å². The highest BCUT2D eigenvalue weighted by Crippen LogP contribution is 2.27. The van der Waals surface area contributed by atoms with Gasteiger partial charge < -0.3 is 10.2 Å². The summed E-state index contributed by atoms with van der Waals surface area (Å²) in [7, 11) is -3.87. The second-order valence-corrected chi connectivity index (χ2v) is 10.4. The molecule has 10 heteroatoms. The summed E-state index contributed by atoms with van der Waals surface area (Å²) in [6, 6.07) is 11.0. The molecule has 186 valence electrons. The number of benzene rings is 2. The first-order chi connectivity index (χ1) is 16.0. The summed E-state index contributed by atoms with van der Waals surface area (Å²) < 4.78 is 39.5. The lowest BCUT2D eigenvalue weighted by Gasteiger charge is -2.33. The predicted octanol–water partition coefficient (Wildman–Crippen LogP) is 3.97. The molecule has 0 heterocycles. The predicted molar refractivity (Wildman–Crippen MR) is 133 cm³/mol. The molecule has 2 aromatic rings. The lowest BCUT2D eigenvalue weighted by molar-refractivity contribution is -0.140. The zero-order valence-electron chi connectivity index (χ0n) is 19.8. The van der Waals surface area contributed by atoms with E-state index in [1.165, 1.54) is 41.3 Å². The summed E-state index contributed by atoms with van der Waals surface area (Å²) in [6.45, 7) is 5.03. The first-order valence-electron chi connectivity index (χ1n) is 11.0. The van der Waals surface area contributed by atoms with Gasteiger partial charge in [0.25, 0.3) is 0 Å². The fourth-order valence-electron chi connectivity index (χ4n) is 3.40. The monoisotopic (exact) mass is 511 g/mol. The van der Waals surface area contributed by atoms with Crippen LogP contribution in [0.3, 0.4) is 0 Å². The minimum absolute atomic E-state index is 0.00562. The van der Waals surface area contributed by atoms with E-state index in [4.69, 9.17) is 11.6 Å². The van der Waals surface area contributed by atoms with Gasteiger partial charge in [-0.3, -0.25) is 13.9 Å². The van der Waals surface area contributed by atoms with E-state index in [1.807, 2.05) is 13.8 Å². The molecule has 0 saturated heterocycles. The Labute approximate surface area is 205 Å². The second-order valence-electron chi connectivity index (χ2n) is 8.11. The zero-order chi connectivity index (χ0) is 25.5. The summed E-state index contributed by atoms with van der Waals surface area (Å²) in [4.78, 5) is 27.9. The van der Waals surface area contributed by atoms with Crippen LogP contribution >= 0.6 is 11.6 Å². The molecule has 0 bridgehead atoms. The number of anilines is 1. The summed E-state index contributed by atoms with van der Waals surface area (Å²) in [5.41, 5.74) is 0.770. The summed E-state index contributed by atoms with van der Waals surface area (Å²) in [6.07, 6.45) is 2.00. The molecular formula is C24H31ClFN3O4S. The molecule has 0 aliphatic carbocycles. The molecule has 0 unspecified atom stereocenters. The van der Waals surface area contributed by atoms with Crippen molar-refractivity contribution in [3.8, 4) is 0 Å². The molecule has 0 spiro atoms. The van der Waals surface area contributed by atoms with Gasteiger partial charge in [-0.25, -0.2) is 12.8 Å². The van der Waals surface area contributed by atoms with Crippen molar-refractivity contribution >= 4 is 39.1 Å². The smallest absolute Gasteiger partial charge is 0.244 e. The van der Waals surface area contributed by atoms with Crippen molar-refractivity contribution in [3.63, 3.8) is 0 Å². The van der Waals surface area contributed by atoms with Crippen LogP contribution in [0.4, 0.5) is 10.1 Å². The number of nitrogens with zero attached hydrogens (tertiary/aromatic N) is 2. The normalized spacial score (nSPS) is 13.1. The first kappa shape index (κ1) is 27.6. The maximum absolute atomic E-state index is 13.5. The highest BCUT2D eigenvalue weighted by molar-refractivity contribution is 7.92. The molecule has 0 aliphatic heterocycles. The standard InChI is InChI=1S/C24H31ClFN3O4S/c1-5-17(3)27-24(31)21(6-2)28(15-18-11-13-19(26)14-12-18)23(30)16-29(34(4,32)33)22-10-8-7-9-20(22)25/h7-14,17,21H,5-6,15-16H2,1-4H3,(H,27,31)/t17-,21+/m0/s1. The van der Waals surface area contributed by atoms with Crippen molar-refractivity contribution in [2.24, 2.45) is 0 Å². The SMILES string of the molecule is CC[C@H](C(=O)N[C@@H](C)CC)N(Cc1ccc(F)cc1)C(=O)CN(c1ccccc1Cl)S(C)(=O)=O. The van der Waals surface area contributed by atoms with Crippen LogP contribution < -0.4 is 9.62 Å². The van der Waals surface area contributed by atoms with Crippen LogP contribution in [0.2, 0.25) is 5.02 Å². The van der Waals surface area contributed by atoms with E-state index in [1.54, 1.807) is 19.1 Å². The van der Waals surface area contributed by atoms with E-state index in [2.05, 4.69) is 5.32 Å². The number of amides is 2. The van der Waals surface area contributed by atoms with Gasteiger partial charge in [0, 0.05) is 12.6 Å². The fraction of sp³-hybridized carbons (Fsp3) is 0.417. The van der Waals surface area contributed by atoms with Gasteiger partial charge in [-0.2, -0.15) is 0 Å². The number of hydrogen-bond acceptors (Lipinski definition) is 4. The third kappa shape index (κ3) is 7.43. The maximum atomic E-state index is 13.5. The Kier molecular flexibility index (Phi) is 9.88. The van der Waals surface area contributed by atoms with E-state index in [0.717, 1.165) is 10.6 Å². The number of nitrogens with one attached hydrogen (secondary N) is 1. The molecule has 2 aromatic carbocycles. The minimum atomic E-state index is -3.87. The molecule has 7 nitrogen and oxygen atoms in total. The quantitative estimate of drug-likeness (QED) is 0.494. The third-order valence-electron chi connectivity index (χ3n) is 5.45. The fourth-order valence-corrected chi connectivity index (χ4v) is 4.55. The summed E-state index contributed by atoms with van der Waals surface area (Å²) in [5.74, 6) is -1.35. The van der Waals surface area contributed by atoms with Gasteiger partial charge in [0.05, 0.1) is 17.0 Å². The van der Waals surface area contributed by atoms with Crippen molar-refractivity contribution in [2.45, 2.75) is 52.2 Å². The van der Waals surface area contributed by atoms with Crippen LogP contribution in [-0.2, 0) is 26.2 Å². The van der Waals surface area contributed by atoms with Crippen molar-refractivity contribution in [1.29, 1.82) is 0 Å². The van der Waals surface area contributed by atoms with E-state index < -0.39 is 34.3 Å². The highest BCUT2D eigenvalue weighted by Gasteiger charge is 2.32. The van der Waals surface area contributed by atoms with Crippen LogP contribution in [-0.4, -0.2) is 50.0 Å². The maximum Gasteiger partial charge on any atom is 0.244 e. The summed E-state index contributed by atoms with van der Waals surface area (Å²) >= 11 is 6.22. The van der Waals surface area contributed by atoms with Crippen molar-refractivity contribution in [2.75, 3.05) is 17.1 Å². The molecule has 2 amide bonds. The van der Waals surface area contributed by atoms with E-state index >= 15 is 0 Å². The van der Waals surface area contributed by atoms with Gasteiger partial charge in [-0.1, -0.05) is 49.7 Å². The second kappa shape index (κ2) is 12.2. The molecule has 0 fully saturated rings. The molecule has 1 N–H and O–H groups in total. The number of sulfonamides is 1. The molecular weight excluding hydrogens is 481 g/mol. The van der Waals surface area contributed by atoms with E-state index in [9.17, 15) is 22.4 Å². The molecule has 2 atom stereocenters. The highest BCUT2D eigenvalue weighted by atomic mass is 35.5. The molecule has 0 aliphatic rings. The molecule has 0 aromatic heterocycles. The number of halogens is 2. The van der Waals surface area contributed by atoms with E-state index in [0.29, 0.717) is 18.4 Å². The van der Waals surface area contributed by atoms with E-state index in [-0.39, 0.29) is 29.2 Å². The van der Waals surface area contributed by atoms with Crippen molar-refractivity contribution < 1.29 is 22.4 Å². The summed E-state index contributed by atoms with van der Waals surface area (Å²) in [5, 5.41) is 3.06. The van der Waals surface area contributed by atoms with Crippen LogP contribution in [0.15, 0.2) is 48.5 Å². The Hall–Kier alpha value is -2.65. The number of para-hydroxylation sites is 1. The van der Waals surface area contributed by atoms with Crippen LogP contribution in [0.25, 0.3) is 0 Å². The molecule has 0 saturated carbocycles. The van der Waals surface area contributed by atoms with Crippen LogP contribution in [0.5, 0.6) is 0 Å². The number of rotatable bonds is 11. The molecule has 0 radical (unpaired) electrons. The Morgan fingerprint density at radius 2 is 1.68 bits per heavy atom. The average molecular weight is 512 g/mol. The molecule has 34 heavy (non-hydrogen) atoms. The van der Waals surface area contributed by atoms with Gasteiger partial charge in [0.2, 0.25) is 21.8 Å². The van der Waals surface area contributed by atoms with Gasteiger partial charge >= 0.3 is 0 Å². The topological polar surface area (TPSA) is 86.8 Å².